The van der Waals surface area contributed by atoms with Gasteiger partial charge in [-0.3, -0.25) is 14.9 Å². The summed E-state index contributed by atoms with van der Waals surface area (Å²) in [5.74, 6) is 0.198. The van der Waals surface area contributed by atoms with Gasteiger partial charge >= 0.3 is 0 Å². The summed E-state index contributed by atoms with van der Waals surface area (Å²) in [6.45, 7) is 2.77. The molecule has 1 aromatic carbocycles. The number of nitrogens with one attached hydrogen (secondary N) is 1. The van der Waals surface area contributed by atoms with Gasteiger partial charge < -0.3 is 9.88 Å². The van der Waals surface area contributed by atoms with Crippen molar-refractivity contribution in [3.8, 4) is 0 Å². The van der Waals surface area contributed by atoms with Crippen LogP contribution >= 0.6 is 0 Å². The molecule has 21 heavy (non-hydrogen) atoms. The summed E-state index contributed by atoms with van der Waals surface area (Å²) < 4.78 is 1.56. The molecule has 0 saturated carbocycles. The van der Waals surface area contributed by atoms with Gasteiger partial charge in [-0.2, -0.15) is 0 Å². The largest absolute Gasteiger partial charge is 0.361 e. The smallest absolute Gasteiger partial charge is 0.293 e. The van der Waals surface area contributed by atoms with Gasteiger partial charge in [-0.15, -0.1) is 0 Å². The third-order valence-electron chi connectivity index (χ3n) is 3.01. The standard InChI is InChI=1S/C14H16N4O3/c1-2-8-17-9-7-15-13(14(17)19)16-10-11-5-3-4-6-12(11)18(20)21/h3-7,9H,2,8,10H2,1H3,(H,15,16). The lowest BCUT2D eigenvalue weighted by Crippen LogP contribution is -2.24. The molecule has 1 N–H and O–H groups in total. The Hall–Kier alpha value is -2.70. The van der Waals surface area contributed by atoms with E-state index in [-0.39, 0.29) is 23.6 Å². The average Bonchev–Trinajstić information content (AvgIpc) is 2.48. The van der Waals surface area contributed by atoms with Crippen LogP contribution in [-0.2, 0) is 13.1 Å². The van der Waals surface area contributed by atoms with Crippen LogP contribution in [-0.4, -0.2) is 14.5 Å². The Morgan fingerprint density at radius 2 is 2.14 bits per heavy atom. The van der Waals surface area contributed by atoms with Crippen molar-refractivity contribution in [2.45, 2.75) is 26.4 Å². The number of aryl methyl sites for hydroxylation is 1. The maximum Gasteiger partial charge on any atom is 0.293 e. The molecule has 0 spiro atoms. The highest BCUT2D eigenvalue weighted by atomic mass is 16.6. The van der Waals surface area contributed by atoms with Crippen molar-refractivity contribution in [3.05, 3.63) is 62.7 Å². The van der Waals surface area contributed by atoms with E-state index in [9.17, 15) is 14.9 Å². The van der Waals surface area contributed by atoms with Crippen LogP contribution in [0.15, 0.2) is 41.5 Å². The highest BCUT2D eigenvalue weighted by Gasteiger charge is 2.12. The Morgan fingerprint density at radius 1 is 1.38 bits per heavy atom. The molecule has 7 nitrogen and oxygen atoms in total. The highest BCUT2D eigenvalue weighted by Crippen LogP contribution is 2.18. The molecule has 1 aromatic heterocycles. The number of rotatable bonds is 6. The van der Waals surface area contributed by atoms with Crippen LogP contribution in [0.2, 0.25) is 0 Å². The molecule has 7 heteroatoms. The predicted molar refractivity (Wildman–Crippen MR) is 79.2 cm³/mol. The van der Waals surface area contributed by atoms with Gasteiger partial charge in [-0.25, -0.2) is 4.98 Å². The van der Waals surface area contributed by atoms with Crippen molar-refractivity contribution in [2.75, 3.05) is 5.32 Å². The summed E-state index contributed by atoms with van der Waals surface area (Å²) >= 11 is 0. The van der Waals surface area contributed by atoms with E-state index < -0.39 is 4.92 Å². The molecule has 0 aliphatic heterocycles. The zero-order chi connectivity index (χ0) is 15.2. The van der Waals surface area contributed by atoms with Crippen LogP contribution < -0.4 is 10.9 Å². The molecule has 0 aliphatic rings. The molecule has 0 atom stereocenters. The first kappa shape index (κ1) is 14.7. The Balaban J connectivity index is 2.19. The molecule has 1 heterocycles. The zero-order valence-corrected chi connectivity index (χ0v) is 11.7. The summed E-state index contributed by atoms with van der Waals surface area (Å²) in [7, 11) is 0. The Kier molecular flexibility index (Phi) is 4.65. The number of hydrogen-bond donors (Lipinski definition) is 1. The minimum Gasteiger partial charge on any atom is -0.361 e. The first-order valence-corrected chi connectivity index (χ1v) is 6.65. The van der Waals surface area contributed by atoms with Crippen LogP contribution in [0, 0.1) is 10.1 Å². The number of benzene rings is 1. The molecule has 0 unspecified atom stereocenters. The van der Waals surface area contributed by atoms with E-state index in [1.54, 1.807) is 35.2 Å². The van der Waals surface area contributed by atoms with Crippen molar-refractivity contribution >= 4 is 11.5 Å². The fourth-order valence-electron chi connectivity index (χ4n) is 2.00. The zero-order valence-electron chi connectivity index (χ0n) is 11.7. The summed E-state index contributed by atoms with van der Waals surface area (Å²) in [6, 6.07) is 6.41. The lowest BCUT2D eigenvalue weighted by Gasteiger charge is -2.08. The van der Waals surface area contributed by atoms with Gasteiger partial charge in [-0.1, -0.05) is 25.1 Å². The van der Waals surface area contributed by atoms with Crippen molar-refractivity contribution in [1.29, 1.82) is 0 Å². The molecule has 2 aromatic rings. The number of nitro groups is 1. The Morgan fingerprint density at radius 3 is 2.86 bits per heavy atom. The molecule has 110 valence electrons. The molecule has 0 amide bonds. The molecule has 0 aliphatic carbocycles. The molecule has 0 bridgehead atoms. The third kappa shape index (κ3) is 3.44. The second-order valence-electron chi connectivity index (χ2n) is 4.51. The van der Waals surface area contributed by atoms with E-state index in [0.29, 0.717) is 12.1 Å². The normalized spacial score (nSPS) is 10.3. The minimum atomic E-state index is -0.440. The first-order valence-electron chi connectivity index (χ1n) is 6.65. The van der Waals surface area contributed by atoms with E-state index in [1.807, 2.05) is 6.92 Å². The number of anilines is 1. The lowest BCUT2D eigenvalue weighted by atomic mass is 10.2. The number of aromatic nitrogens is 2. The topological polar surface area (TPSA) is 90.1 Å². The van der Waals surface area contributed by atoms with Gasteiger partial charge in [-0.05, 0) is 6.42 Å². The monoisotopic (exact) mass is 288 g/mol. The maximum atomic E-state index is 12.1. The summed E-state index contributed by atoms with van der Waals surface area (Å²) in [5, 5.41) is 13.8. The van der Waals surface area contributed by atoms with E-state index in [0.717, 1.165) is 6.42 Å². The van der Waals surface area contributed by atoms with Crippen molar-refractivity contribution in [2.24, 2.45) is 0 Å². The van der Waals surface area contributed by atoms with Crippen LogP contribution in [0.4, 0.5) is 11.5 Å². The summed E-state index contributed by atoms with van der Waals surface area (Å²) in [6.07, 6.45) is 4.01. The number of nitro benzene ring substituents is 1. The third-order valence-corrected chi connectivity index (χ3v) is 3.01. The SMILES string of the molecule is CCCn1ccnc(NCc2ccccc2[N+](=O)[O-])c1=O. The molecule has 0 radical (unpaired) electrons. The number of para-hydroxylation sites is 1. The maximum absolute atomic E-state index is 12.1. The van der Waals surface area contributed by atoms with Gasteiger partial charge in [0.25, 0.3) is 11.2 Å². The van der Waals surface area contributed by atoms with Gasteiger partial charge in [0, 0.05) is 37.1 Å². The molecule has 0 fully saturated rings. The van der Waals surface area contributed by atoms with Crippen molar-refractivity contribution in [3.63, 3.8) is 0 Å². The van der Waals surface area contributed by atoms with Crippen LogP contribution in [0.1, 0.15) is 18.9 Å². The van der Waals surface area contributed by atoms with E-state index >= 15 is 0 Å². The van der Waals surface area contributed by atoms with Crippen molar-refractivity contribution < 1.29 is 4.92 Å². The van der Waals surface area contributed by atoms with Gasteiger partial charge in [0.1, 0.15) is 0 Å². The quantitative estimate of drug-likeness (QED) is 0.650. The lowest BCUT2D eigenvalue weighted by molar-refractivity contribution is -0.385. The number of hydrogen-bond acceptors (Lipinski definition) is 5. The Bertz CT molecular complexity index is 697. The van der Waals surface area contributed by atoms with E-state index in [1.165, 1.54) is 6.07 Å². The van der Waals surface area contributed by atoms with Crippen molar-refractivity contribution in [1.82, 2.24) is 9.55 Å². The fourth-order valence-corrected chi connectivity index (χ4v) is 2.00. The van der Waals surface area contributed by atoms with Crippen LogP contribution in [0.5, 0.6) is 0 Å². The van der Waals surface area contributed by atoms with Crippen LogP contribution in [0.3, 0.4) is 0 Å². The summed E-state index contributed by atoms with van der Waals surface area (Å²) in [4.78, 5) is 26.6. The van der Waals surface area contributed by atoms with Crippen LogP contribution in [0.25, 0.3) is 0 Å². The second kappa shape index (κ2) is 6.65. The predicted octanol–water partition coefficient (Wildman–Crippen LogP) is 2.17. The first-order chi connectivity index (χ1) is 10.1. The molecular formula is C14H16N4O3. The number of nitrogens with zero attached hydrogens (tertiary/aromatic N) is 3. The molecule has 0 saturated heterocycles. The average molecular weight is 288 g/mol. The Labute approximate surface area is 121 Å². The van der Waals surface area contributed by atoms with E-state index in [4.69, 9.17) is 0 Å². The van der Waals surface area contributed by atoms with E-state index in [2.05, 4.69) is 10.3 Å². The molecular weight excluding hydrogens is 272 g/mol. The minimum absolute atomic E-state index is 0.0230. The van der Waals surface area contributed by atoms with Gasteiger partial charge in [0.05, 0.1) is 4.92 Å². The second-order valence-corrected chi connectivity index (χ2v) is 4.51. The summed E-state index contributed by atoms with van der Waals surface area (Å²) in [5.41, 5.74) is 0.308. The highest BCUT2D eigenvalue weighted by molar-refractivity contribution is 5.43. The van der Waals surface area contributed by atoms with Gasteiger partial charge in [0.15, 0.2) is 5.82 Å². The fraction of sp³-hybridized carbons (Fsp3) is 0.286. The molecule has 2 rings (SSSR count). The van der Waals surface area contributed by atoms with Gasteiger partial charge in [0.2, 0.25) is 0 Å².